The fourth-order valence-electron chi connectivity index (χ4n) is 0.639. The van der Waals surface area contributed by atoms with Crippen LogP contribution in [0.2, 0.25) is 0 Å². The van der Waals surface area contributed by atoms with E-state index in [1.165, 1.54) is 0 Å². The third kappa shape index (κ3) is 5.66. The highest BCUT2D eigenvalue weighted by atomic mass is 79.9. The summed E-state index contributed by atoms with van der Waals surface area (Å²) in [6.45, 7) is 5.11. The first-order valence-electron chi connectivity index (χ1n) is 3.06. The predicted octanol–water partition coefficient (Wildman–Crippen LogP) is 1.35. The summed E-state index contributed by atoms with van der Waals surface area (Å²) < 4.78 is 0.836. The molecule has 0 amide bonds. The second-order valence-corrected chi connectivity index (χ2v) is 3.15. The van der Waals surface area contributed by atoms with Crippen LogP contribution in [0.4, 0.5) is 0 Å². The molecule has 0 bridgehead atoms. The topological polar surface area (TPSA) is 27.0 Å². The second kappa shape index (κ2) is 5.97. The molecule has 0 fully saturated rings. The molecule has 0 aliphatic carbocycles. The molecule has 0 aromatic rings. The van der Waals surface area contributed by atoms with Gasteiger partial charge in [0.2, 0.25) is 0 Å². The Morgan fingerprint density at radius 2 is 2.27 bits per heavy atom. The molecule has 0 unspecified atom stereocenters. The molecule has 2 nitrogen and oxygen atoms in total. The number of nitriles is 1. The molecular weight excluding hydrogens is 204 g/mol. The van der Waals surface area contributed by atoms with Crippen LogP contribution in [-0.4, -0.2) is 24.5 Å². The minimum atomic E-state index is 0.342. The SMILES string of the molecule is C#CCN(CC#N)CC(=C)Br. The average molecular weight is 213 g/mol. The Morgan fingerprint density at radius 1 is 1.64 bits per heavy atom. The van der Waals surface area contributed by atoms with E-state index in [-0.39, 0.29) is 0 Å². The van der Waals surface area contributed by atoms with Gasteiger partial charge in [0.15, 0.2) is 0 Å². The third-order valence-corrected chi connectivity index (χ3v) is 1.26. The summed E-state index contributed by atoms with van der Waals surface area (Å²) in [5, 5.41) is 8.37. The lowest BCUT2D eigenvalue weighted by molar-refractivity contribution is 0.381. The van der Waals surface area contributed by atoms with Crippen LogP contribution in [0.1, 0.15) is 0 Å². The summed E-state index contributed by atoms with van der Waals surface area (Å²) in [6, 6.07) is 2.03. The average Bonchev–Trinajstić information content (AvgIpc) is 1.87. The lowest BCUT2D eigenvalue weighted by atomic mass is 10.4. The Labute approximate surface area is 75.6 Å². The maximum Gasteiger partial charge on any atom is 0.0876 e. The minimum Gasteiger partial charge on any atom is -0.274 e. The largest absolute Gasteiger partial charge is 0.274 e. The minimum absolute atomic E-state index is 0.342. The van der Waals surface area contributed by atoms with Crippen LogP contribution in [0, 0.1) is 23.7 Å². The van der Waals surface area contributed by atoms with Crippen molar-refractivity contribution < 1.29 is 0 Å². The van der Waals surface area contributed by atoms with Gasteiger partial charge >= 0.3 is 0 Å². The van der Waals surface area contributed by atoms with Crippen LogP contribution in [0.25, 0.3) is 0 Å². The van der Waals surface area contributed by atoms with Crippen molar-refractivity contribution in [1.29, 1.82) is 5.26 Å². The standard InChI is InChI=1S/C8H9BrN2/c1-3-5-11(6-4-10)7-8(2)9/h1H,2,5-7H2. The molecule has 0 aliphatic rings. The third-order valence-electron chi connectivity index (χ3n) is 1.00. The zero-order valence-corrected chi connectivity index (χ0v) is 7.76. The number of halogens is 1. The van der Waals surface area contributed by atoms with Crippen molar-refractivity contribution in [1.82, 2.24) is 4.90 Å². The van der Waals surface area contributed by atoms with Gasteiger partial charge in [-0.3, -0.25) is 4.90 Å². The van der Waals surface area contributed by atoms with Crippen LogP contribution >= 0.6 is 15.9 Å². The quantitative estimate of drug-likeness (QED) is 0.520. The van der Waals surface area contributed by atoms with E-state index >= 15 is 0 Å². The Hall–Kier alpha value is -0.770. The van der Waals surface area contributed by atoms with Gasteiger partial charge in [-0.1, -0.05) is 28.4 Å². The maximum absolute atomic E-state index is 8.37. The van der Waals surface area contributed by atoms with Gasteiger partial charge in [0.25, 0.3) is 0 Å². The maximum atomic E-state index is 8.37. The van der Waals surface area contributed by atoms with Crippen molar-refractivity contribution in [3.63, 3.8) is 0 Å². The van der Waals surface area contributed by atoms with Crippen molar-refractivity contribution in [3.05, 3.63) is 11.1 Å². The number of rotatable bonds is 4. The monoisotopic (exact) mass is 212 g/mol. The Balaban J connectivity index is 3.82. The summed E-state index contributed by atoms with van der Waals surface area (Å²) in [7, 11) is 0. The molecule has 0 aromatic heterocycles. The summed E-state index contributed by atoms with van der Waals surface area (Å²) in [5.41, 5.74) is 0. The molecule has 58 valence electrons. The molecule has 0 atom stereocenters. The summed E-state index contributed by atoms with van der Waals surface area (Å²) in [4.78, 5) is 1.82. The number of hydrogen-bond donors (Lipinski definition) is 0. The summed E-state index contributed by atoms with van der Waals surface area (Å²) >= 11 is 3.20. The van der Waals surface area contributed by atoms with Gasteiger partial charge in [0.05, 0.1) is 19.2 Å². The van der Waals surface area contributed by atoms with Crippen molar-refractivity contribution in [2.45, 2.75) is 0 Å². The first-order valence-corrected chi connectivity index (χ1v) is 3.86. The van der Waals surface area contributed by atoms with E-state index in [4.69, 9.17) is 11.7 Å². The van der Waals surface area contributed by atoms with Crippen molar-refractivity contribution in [2.24, 2.45) is 0 Å². The van der Waals surface area contributed by atoms with Crippen molar-refractivity contribution in [2.75, 3.05) is 19.6 Å². The highest BCUT2D eigenvalue weighted by Crippen LogP contribution is 2.02. The molecular formula is C8H9BrN2. The van der Waals surface area contributed by atoms with Gasteiger partial charge in [-0.15, -0.1) is 6.42 Å². The first-order chi connectivity index (χ1) is 5.20. The molecule has 0 saturated heterocycles. The zero-order valence-electron chi connectivity index (χ0n) is 6.18. The van der Waals surface area contributed by atoms with E-state index in [1.807, 2.05) is 11.0 Å². The van der Waals surface area contributed by atoms with Crippen molar-refractivity contribution in [3.8, 4) is 18.4 Å². The fourth-order valence-corrected chi connectivity index (χ4v) is 0.994. The molecule has 0 rings (SSSR count). The fraction of sp³-hybridized carbons (Fsp3) is 0.375. The molecule has 0 heterocycles. The highest BCUT2D eigenvalue weighted by Gasteiger charge is 2.01. The smallest absolute Gasteiger partial charge is 0.0876 e. The van der Waals surface area contributed by atoms with Gasteiger partial charge in [-0.05, 0) is 0 Å². The van der Waals surface area contributed by atoms with Crippen LogP contribution in [0.3, 0.4) is 0 Å². The Kier molecular flexibility index (Phi) is 5.56. The van der Waals surface area contributed by atoms with Crippen LogP contribution in [0.5, 0.6) is 0 Å². The molecule has 0 N–H and O–H groups in total. The second-order valence-electron chi connectivity index (χ2n) is 2.02. The van der Waals surface area contributed by atoms with Crippen LogP contribution in [0.15, 0.2) is 11.1 Å². The molecule has 0 saturated carbocycles. The van der Waals surface area contributed by atoms with E-state index in [0.29, 0.717) is 19.6 Å². The van der Waals surface area contributed by atoms with E-state index < -0.39 is 0 Å². The van der Waals surface area contributed by atoms with E-state index in [9.17, 15) is 0 Å². The van der Waals surface area contributed by atoms with E-state index in [1.54, 1.807) is 0 Å². The van der Waals surface area contributed by atoms with Crippen LogP contribution in [-0.2, 0) is 0 Å². The zero-order chi connectivity index (χ0) is 8.69. The predicted molar refractivity (Wildman–Crippen MR) is 49.0 cm³/mol. The van der Waals surface area contributed by atoms with Gasteiger partial charge in [0, 0.05) is 11.0 Å². The molecule has 0 spiro atoms. The van der Waals surface area contributed by atoms with Crippen molar-refractivity contribution >= 4 is 15.9 Å². The van der Waals surface area contributed by atoms with Crippen LogP contribution < -0.4 is 0 Å². The summed E-state index contributed by atoms with van der Waals surface area (Å²) in [5.74, 6) is 2.47. The Bertz CT molecular complexity index is 193. The lowest BCUT2D eigenvalue weighted by Gasteiger charge is -2.14. The van der Waals surface area contributed by atoms with E-state index in [2.05, 4.69) is 28.4 Å². The number of terminal acetylenes is 1. The number of nitrogens with zero attached hydrogens (tertiary/aromatic N) is 2. The van der Waals surface area contributed by atoms with Gasteiger partial charge in [-0.25, -0.2) is 0 Å². The van der Waals surface area contributed by atoms with Gasteiger partial charge in [-0.2, -0.15) is 5.26 Å². The normalized spacial score (nSPS) is 8.73. The lowest BCUT2D eigenvalue weighted by Crippen LogP contribution is -2.25. The Morgan fingerprint density at radius 3 is 2.64 bits per heavy atom. The molecule has 0 aromatic carbocycles. The number of hydrogen-bond acceptors (Lipinski definition) is 2. The summed E-state index contributed by atoms with van der Waals surface area (Å²) in [6.07, 6.45) is 5.09. The van der Waals surface area contributed by atoms with E-state index in [0.717, 1.165) is 4.48 Å². The highest BCUT2D eigenvalue weighted by molar-refractivity contribution is 9.11. The molecule has 3 heteroatoms. The van der Waals surface area contributed by atoms with Gasteiger partial charge in [0.1, 0.15) is 0 Å². The molecule has 11 heavy (non-hydrogen) atoms. The molecule has 0 aliphatic heterocycles. The molecule has 0 radical (unpaired) electrons. The first kappa shape index (κ1) is 10.2. The van der Waals surface area contributed by atoms with Gasteiger partial charge < -0.3 is 0 Å².